The molecule has 0 aliphatic carbocycles. The van der Waals surface area contributed by atoms with Crippen molar-refractivity contribution in [3.05, 3.63) is 57.8 Å². The topological polar surface area (TPSA) is 71.7 Å². The molecule has 1 aromatic heterocycles. The number of nitrogens with zero attached hydrogens (tertiary/aromatic N) is 4. The number of pyridine rings is 1. The van der Waals surface area contributed by atoms with E-state index in [0.717, 1.165) is 44.3 Å². The van der Waals surface area contributed by atoms with Gasteiger partial charge in [-0.25, -0.2) is 4.98 Å². The fourth-order valence-corrected chi connectivity index (χ4v) is 3.11. The third kappa shape index (κ3) is 3.88. The summed E-state index contributed by atoms with van der Waals surface area (Å²) in [6.45, 7) is 6.12. The predicted octanol–water partition coefficient (Wildman–Crippen LogP) is 2.63. The fourth-order valence-electron chi connectivity index (χ4n) is 3.11. The van der Waals surface area contributed by atoms with Crippen molar-refractivity contribution in [3.63, 3.8) is 0 Å². The van der Waals surface area contributed by atoms with E-state index in [1.54, 1.807) is 20.1 Å². The third-order valence-electron chi connectivity index (χ3n) is 4.55. The highest BCUT2D eigenvalue weighted by Gasteiger charge is 2.21. The lowest BCUT2D eigenvalue weighted by Crippen LogP contribution is -2.46. The van der Waals surface area contributed by atoms with Crippen molar-refractivity contribution < 1.29 is 9.66 Å². The maximum absolute atomic E-state index is 10.9. The number of aromatic nitrogens is 1. The van der Waals surface area contributed by atoms with Gasteiger partial charge in [0.25, 0.3) is 5.69 Å². The van der Waals surface area contributed by atoms with E-state index in [-0.39, 0.29) is 5.69 Å². The van der Waals surface area contributed by atoms with E-state index in [0.29, 0.717) is 5.56 Å². The molecule has 25 heavy (non-hydrogen) atoms. The van der Waals surface area contributed by atoms with Crippen LogP contribution in [0.5, 0.6) is 5.75 Å². The normalized spacial score (nSPS) is 15.2. The molecule has 0 atom stereocenters. The van der Waals surface area contributed by atoms with Gasteiger partial charge in [0.15, 0.2) is 0 Å². The Morgan fingerprint density at radius 2 is 1.96 bits per heavy atom. The second-order valence-corrected chi connectivity index (χ2v) is 6.16. The largest absolute Gasteiger partial charge is 0.496 e. The summed E-state index contributed by atoms with van der Waals surface area (Å²) in [7, 11) is 1.69. The minimum absolute atomic E-state index is 0.0681. The standard InChI is InChI=1S/C18H22N4O3/c1-14-11-18(19-12-16(14)22(23)24)21-9-7-20(8-10-21)13-15-5-3-4-6-17(15)25-2/h3-6,11-12H,7-10,13H2,1-2H3. The first-order valence-electron chi connectivity index (χ1n) is 8.28. The summed E-state index contributed by atoms with van der Waals surface area (Å²) >= 11 is 0. The zero-order valence-electron chi connectivity index (χ0n) is 14.5. The monoisotopic (exact) mass is 342 g/mol. The van der Waals surface area contributed by atoms with Gasteiger partial charge in [-0.1, -0.05) is 18.2 Å². The van der Waals surface area contributed by atoms with Crippen molar-refractivity contribution in [2.24, 2.45) is 0 Å². The van der Waals surface area contributed by atoms with Crippen LogP contribution in [0.3, 0.4) is 0 Å². The van der Waals surface area contributed by atoms with E-state index in [4.69, 9.17) is 4.74 Å². The Bertz CT molecular complexity index is 758. The molecule has 0 bridgehead atoms. The van der Waals surface area contributed by atoms with E-state index in [2.05, 4.69) is 20.9 Å². The molecule has 7 nitrogen and oxygen atoms in total. The van der Waals surface area contributed by atoms with Crippen LogP contribution in [-0.2, 0) is 6.54 Å². The molecule has 1 fully saturated rings. The molecule has 0 N–H and O–H groups in total. The lowest BCUT2D eigenvalue weighted by molar-refractivity contribution is -0.385. The van der Waals surface area contributed by atoms with Crippen LogP contribution < -0.4 is 9.64 Å². The van der Waals surface area contributed by atoms with Crippen LogP contribution in [0, 0.1) is 17.0 Å². The average molecular weight is 342 g/mol. The number of hydrogen-bond acceptors (Lipinski definition) is 6. The van der Waals surface area contributed by atoms with Crippen molar-refractivity contribution in [2.75, 3.05) is 38.2 Å². The fraction of sp³-hybridized carbons (Fsp3) is 0.389. The van der Waals surface area contributed by atoms with Gasteiger partial charge in [0, 0.05) is 43.9 Å². The molecule has 1 saturated heterocycles. The molecule has 1 aliphatic heterocycles. The molecule has 0 saturated carbocycles. The quantitative estimate of drug-likeness (QED) is 0.614. The van der Waals surface area contributed by atoms with Gasteiger partial charge in [0.05, 0.1) is 12.0 Å². The highest BCUT2D eigenvalue weighted by atomic mass is 16.6. The van der Waals surface area contributed by atoms with Crippen molar-refractivity contribution in [3.8, 4) is 5.75 Å². The van der Waals surface area contributed by atoms with Crippen molar-refractivity contribution in [1.82, 2.24) is 9.88 Å². The predicted molar refractivity (Wildman–Crippen MR) is 96.1 cm³/mol. The number of methoxy groups -OCH3 is 1. The van der Waals surface area contributed by atoms with Gasteiger partial charge in [-0.05, 0) is 19.1 Å². The summed E-state index contributed by atoms with van der Waals surface area (Å²) < 4.78 is 5.42. The molecule has 2 heterocycles. The van der Waals surface area contributed by atoms with Gasteiger partial charge in [0.2, 0.25) is 0 Å². The average Bonchev–Trinajstić information content (AvgIpc) is 2.62. The third-order valence-corrected chi connectivity index (χ3v) is 4.55. The first kappa shape index (κ1) is 17.2. The van der Waals surface area contributed by atoms with Gasteiger partial charge < -0.3 is 9.64 Å². The maximum Gasteiger partial charge on any atom is 0.290 e. The number of nitro groups is 1. The number of para-hydroxylation sites is 1. The minimum atomic E-state index is -0.392. The molecule has 0 amide bonds. The van der Waals surface area contributed by atoms with Crippen LogP contribution in [-0.4, -0.2) is 48.1 Å². The summed E-state index contributed by atoms with van der Waals surface area (Å²) in [5.74, 6) is 1.72. The molecule has 1 aliphatic rings. The van der Waals surface area contributed by atoms with Crippen molar-refractivity contribution in [1.29, 1.82) is 0 Å². The highest BCUT2D eigenvalue weighted by Crippen LogP contribution is 2.24. The summed E-state index contributed by atoms with van der Waals surface area (Å²) in [5.41, 5.74) is 1.90. The second-order valence-electron chi connectivity index (χ2n) is 6.16. The van der Waals surface area contributed by atoms with Gasteiger partial charge in [-0.15, -0.1) is 0 Å². The molecular weight excluding hydrogens is 320 g/mol. The Balaban J connectivity index is 1.62. The number of piperazine rings is 1. The van der Waals surface area contributed by atoms with Crippen LogP contribution >= 0.6 is 0 Å². The van der Waals surface area contributed by atoms with Gasteiger partial charge in [-0.3, -0.25) is 15.0 Å². The number of aryl methyl sites for hydroxylation is 1. The summed E-state index contributed by atoms with van der Waals surface area (Å²) in [5, 5.41) is 10.9. The van der Waals surface area contributed by atoms with Crippen molar-refractivity contribution in [2.45, 2.75) is 13.5 Å². The van der Waals surface area contributed by atoms with E-state index in [9.17, 15) is 10.1 Å². The highest BCUT2D eigenvalue weighted by molar-refractivity contribution is 5.49. The molecule has 1 aromatic carbocycles. The van der Waals surface area contributed by atoms with E-state index < -0.39 is 4.92 Å². The molecule has 3 rings (SSSR count). The Morgan fingerprint density at radius 3 is 2.60 bits per heavy atom. The summed E-state index contributed by atoms with van der Waals surface area (Å²) in [6.07, 6.45) is 1.35. The van der Waals surface area contributed by atoms with E-state index in [1.807, 2.05) is 18.2 Å². The number of rotatable bonds is 5. The smallest absolute Gasteiger partial charge is 0.290 e. The molecule has 2 aromatic rings. The SMILES string of the molecule is COc1ccccc1CN1CCN(c2cc(C)c([N+](=O)[O-])cn2)CC1. The number of benzene rings is 1. The number of hydrogen-bond donors (Lipinski definition) is 0. The Hall–Kier alpha value is -2.67. The molecule has 0 spiro atoms. The van der Waals surface area contributed by atoms with Crippen LogP contribution in [0.2, 0.25) is 0 Å². The summed E-state index contributed by atoms with van der Waals surface area (Å²) in [4.78, 5) is 19.3. The number of anilines is 1. The van der Waals surface area contributed by atoms with Crippen molar-refractivity contribution >= 4 is 11.5 Å². The van der Waals surface area contributed by atoms with Gasteiger partial charge in [0.1, 0.15) is 17.8 Å². The van der Waals surface area contributed by atoms with Crippen LogP contribution in [0.1, 0.15) is 11.1 Å². The lowest BCUT2D eigenvalue weighted by Gasteiger charge is -2.35. The second kappa shape index (κ2) is 7.48. The van der Waals surface area contributed by atoms with Crippen LogP contribution in [0.25, 0.3) is 0 Å². The zero-order chi connectivity index (χ0) is 17.8. The Labute approximate surface area is 147 Å². The Morgan fingerprint density at radius 1 is 1.24 bits per heavy atom. The van der Waals surface area contributed by atoms with E-state index in [1.165, 1.54) is 11.8 Å². The summed E-state index contributed by atoms with van der Waals surface area (Å²) in [6, 6.07) is 9.87. The molecule has 7 heteroatoms. The minimum Gasteiger partial charge on any atom is -0.496 e. The maximum atomic E-state index is 10.9. The molecule has 0 radical (unpaired) electrons. The molecular formula is C18H22N4O3. The lowest BCUT2D eigenvalue weighted by atomic mass is 10.1. The van der Waals surface area contributed by atoms with Crippen LogP contribution in [0.15, 0.2) is 36.5 Å². The van der Waals surface area contributed by atoms with E-state index >= 15 is 0 Å². The molecule has 0 unspecified atom stereocenters. The molecule has 132 valence electrons. The first-order chi connectivity index (χ1) is 12.1. The van der Waals surface area contributed by atoms with Gasteiger partial charge in [-0.2, -0.15) is 0 Å². The Kier molecular flexibility index (Phi) is 5.14. The number of ether oxygens (including phenoxy) is 1. The van der Waals surface area contributed by atoms with Gasteiger partial charge >= 0.3 is 0 Å². The first-order valence-corrected chi connectivity index (χ1v) is 8.28. The van der Waals surface area contributed by atoms with Crippen LogP contribution in [0.4, 0.5) is 11.5 Å². The zero-order valence-corrected chi connectivity index (χ0v) is 14.5.